The van der Waals surface area contributed by atoms with Gasteiger partial charge in [0.25, 0.3) is 5.56 Å². The summed E-state index contributed by atoms with van der Waals surface area (Å²) in [6, 6.07) is 15.7. The number of carbonyl (C=O) groups is 1. The van der Waals surface area contributed by atoms with Gasteiger partial charge in [-0.1, -0.05) is 24.3 Å². The number of nitrogens with zero attached hydrogens (tertiary/aromatic N) is 2. The van der Waals surface area contributed by atoms with Crippen molar-refractivity contribution in [3.05, 3.63) is 70.3 Å². The van der Waals surface area contributed by atoms with E-state index in [1.807, 2.05) is 42.2 Å². The number of hydrogen-bond donors (Lipinski definition) is 1. The van der Waals surface area contributed by atoms with Crippen LogP contribution in [0.3, 0.4) is 0 Å². The molecule has 1 amide bonds. The Morgan fingerprint density at radius 2 is 1.85 bits per heavy atom. The third-order valence-electron chi connectivity index (χ3n) is 6.51. The van der Waals surface area contributed by atoms with E-state index < -0.39 is 0 Å². The number of amides is 1. The first-order valence-electron chi connectivity index (χ1n) is 12.1. The number of aryl methyl sites for hydroxylation is 2. The number of piperidine rings is 1. The Bertz CT molecular complexity index is 1120. The highest BCUT2D eigenvalue weighted by Crippen LogP contribution is 2.24. The van der Waals surface area contributed by atoms with Gasteiger partial charge in [-0.25, -0.2) is 4.98 Å². The second-order valence-corrected chi connectivity index (χ2v) is 8.82. The van der Waals surface area contributed by atoms with Gasteiger partial charge in [0, 0.05) is 25.9 Å². The third kappa shape index (κ3) is 6.21. The van der Waals surface area contributed by atoms with Crippen molar-refractivity contribution in [1.29, 1.82) is 0 Å². The van der Waals surface area contributed by atoms with Crippen molar-refractivity contribution in [2.45, 2.75) is 51.9 Å². The zero-order chi connectivity index (χ0) is 23.0. The maximum atomic E-state index is 12.7. The minimum Gasteiger partial charge on any atom is -0.494 e. The first-order valence-corrected chi connectivity index (χ1v) is 12.1. The molecule has 1 aliphatic heterocycles. The van der Waals surface area contributed by atoms with Crippen LogP contribution in [0.2, 0.25) is 0 Å². The zero-order valence-corrected chi connectivity index (χ0v) is 19.4. The monoisotopic (exact) mass is 447 g/mol. The lowest BCUT2D eigenvalue weighted by molar-refractivity contribution is -0.132. The average molecular weight is 448 g/mol. The molecule has 174 valence electrons. The van der Waals surface area contributed by atoms with Crippen LogP contribution in [0.15, 0.2) is 53.3 Å². The van der Waals surface area contributed by atoms with Gasteiger partial charge in [0.05, 0.1) is 17.5 Å². The molecule has 1 N–H and O–H groups in total. The Balaban J connectivity index is 1.18. The van der Waals surface area contributed by atoms with Crippen LogP contribution in [0.25, 0.3) is 10.9 Å². The fourth-order valence-electron chi connectivity index (χ4n) is 4.58. The van der Waals surface area contributed by atoms with Gasteiger partial charge < -0.3 is 14.6 Å². The van der Waals surface area contributed by atoms with Crippen LogP contribution < -0.4 is 10.3 Å². The van der Waals surface area contributed by atoms with E-state index in [1.165, 1.54) is 5.56 Å². The van der Waals surface area contributed by atoms with Crippen molar-refractivity contribution in [2.75, 3.05) is 19.7 Å². The number of para-hydroxylation sites is 1. The Kier molecular flexibility index (Phi) is 7.76. The van der Waals surface area contributed by atoms with Gasteiger partial charge in [0.2, 0.25) is 5.91 Å². The van der Waals surface area contributed by atoms with Crippen LogP contribution in [-0.2, 0) is 17.6 Å². The maximum absolute atomic E-state index is 12.7. The number of nitrogens with one attached hydrogen (secondary N) is 1. The number of hydrogen-bond acceptors (Lipinski definition) is 4. The van der Waals surface area contributed by atoms with E-state index in [-0.39, 0.29) is 11.5 Å². The molecule has 4 rings (SSSR count). The molecule has 0 bridgehead atoms. The Hall–Kier alpha value is -3.15. The maximum Gasteiger partial charge on any atom is 0.258 e. The molecule has 1 fully saturated rings. The summed E-state index contributed by atoms with van der Waals surface area (Å²) in [6.07, 6.45) is 6.17. The molecular weight excluding hydrogens is 414 g/mol. The number of H-pyrrole nitrogens is 1. The minimum absolute atomic E-state index is 0.116. The minimum atomic E-state index is -0.116. The molecule has 1 aromatic heterocycles. The van der Waals surface area contributed by atoms with Gasteiger partial charge in [-0.2, -0.15) is 0 Å². The molecule has 2 heterocycles. The van der Waals surface area contributed by atoms with Crippen LogP contribution in [-0.4, -0.2) is 40.5 Å². The summed E-state index contributed by atoms with van der Waals surface area (Å²) in [4.78, 5) is 34.2. The van der Waals surface area contributed by atoms with Gasteiger partial charge in [0.1, 0.15) is 11.6 Å². The molecule has 0 saturated carbocycles. The Morgan fingerprint density at radius 3 is 2.61 bits per heavy atom. The lowest BCUT2D eigenvalue weighted by Crippen LogP contribution is -2.38. The zero-order valence-electron chi connectivity index (χ0n) is 19.4. The summed E-state index contributed by atoms with van der Waals surface area (Å²) in [5.74, 6) is 2.46. The van der Waals surface area contributed by atoms with Gasteiger partial charge >= 0.3 is 0 Å². The topological polar surface area (TPSA) is 75.3 Å². The Morgan fingerprint density at radius 1 is 1.09 bits per heavy atom. The number of rotatable bonds is 9. The summed E-state index contributed by atoms with van der Waals surface area (Å²) in [7, 11) is 0. The number of carbonyl (C=O) groups excluding carboxylic acids is 1. The lowest BCUT2D eigenvalue weighted by atomic mass is 9.90. The fraction of sp³-hybridized carbons (Fsp3) is 0.444. The second-order valence-electron chi connectivity index (χ2n) is 8.82. The van der Waals surface area contributed by atoms with Crippen molar-refractivity contribution >= 4 is 16.8 Å². The quantitative estimate of drug-likeness (QED) is 0.523. The molecule has 3 aromatic rings. The normalized spacial score (nSPS) is 14.5. The molecule has 33 heavy (non-hydrogen) atoms. The molecule has 0 radical (unpaired) electrons. The summed E-state index contributed by atoms with van der Waals surface area (Å²) in [6.45, 7) is 4.38. The van der Waals surface area contributed by atoms with Crippen LogP contribution in [0.1, 0.15) is 50.4 Å². The van der Waals surface area contributed by atoms with Gasteiger partial charge in [-0.05, 0) is 74.8 Å². The molecule has 2 aromatic carbocycles. The molecule has 0 spiro atoms. The van der Waals surface area contributed by atoms with Crippen LogP contribution in [0.4, 0.5) is 0 Å². The van der Waals surface area contributed by atoms with E-state index in [4.69, 9.17) is 4.74 Å². The van der Waals surface area contributed by atoms with Crippen LogP contribution in [0.5, 0.6) is 5.75 Å². The molecule has 0 unspecified atom stereocenters. The molecule has 6 heteroatoms. The molecule has 1 aliphatic rings. The highest BCUT2D eigenvalue weighted by Gasteiger charge is 2.22. The van der Waals surface area contributed by atoms with E-state index in [1.54, 1.807) is 6.07 Å². The SMILES string of the molecule is CCOc1ccc(CCC2CCN(C(=O)CCCc3nc4ccccc4c(=O)[nH]3)CC2)cc1. The predicted octanol–water partition coefficient (Wildman–Crippen LogP) is 4.52. The van der Waals surface area contributed by atoms with E-state index in [2.05, 4.69) is 22.1 Å². The molecular formula is C27H33N3O3. The highest BCUT2D eigenvalue weighted by molar-refractivity contribution is 5.77. The van der Waals surface area contributed by atoms with Crippen LogP contribution >= 0.6 is 0 Å². The largest absolute Gasteiger partial charge is 0.494 e. The third-order valence-corrected chi connectivity index (χ3v) is 6.51. The number of benzene rings is 2. The first kappa shape index (κ1) is 23.0. The smallest absolute Gasteiger partial charge is 0.258 e. The summed E-state index contributed by atoms with van der Waals surface area (Å²) in [5, 5.41) is 0.600. The van der Waals surface area contributed by atoms with Crippen molar-refractivity contribution in [1.82, 2.24) is 14.9 Å². The van der Waals surface area contributed by atoms with Crippen LogP contribution in [0, 0.1) is 5.92 Å². The van der Waals surface area contributed by atoms with E-state index >= 15 is 0 Å². The van der Waals surface area contributed by atoms with Gasteiger partial charge in [-0.15, -0.1) is 0 Å². The molecule has 0 aliphatic carbocycles. The number of fused-ring (bicyclic) bond motifs is 1. The van der Waals surface area contributed by atoms with E-state index in [0.29, 0.717) is 48.5 Å². The number of aromatic amines is 1. The van der Waals surface area contributed by atoms with Gasteiger partial charge in [-0.3, -0.25) is 9.59 Å². The number of likely N-dealkylation sites (tertiary alicyclic amines) is 1. The molecule has 0 atom stereocenters. The highest BCUT2D eigenvalue weighted by atomic mass is 16.5. The first-order chi connectivity index (χ1) is 16.1. The summed E-state index contributed by atoms with van der Waals surface area (Å²) >= 11 is 0. The predicted molar refractivity (Wildman–Crippen MR) is 131 cm³/mol. The molecule has 6 nitrogen and oxygen atoms in total. The second kappa shape index (κ2) is 11.1. The van der Waals surface area contributed by atoms with Crippen molar-refractivity contribution < 1.29 is 9.53 Å². The van der Waals surface area contributed by atoms with E-state index in [0.717, 1.165) is 44.5 Å². The van der Waals surface area contributed by atoms with Crippen molar-refractivity contribution in [2.24, 2.45) is 5.92 Å². The summed E-state index contributed by atoms with van der Waals surface area (Å²) in [5.41, 5.74) is 1.93. The summed E-state index contributed by atoms with van der Waals surface area (Å²) < 4.78 is 5.51. The van der Waals surface area contributed by atoms with Gasteiger partial charge in [0.15, 0.2) is 0 Å². The van der Waals surface area contributed by atoms with Crippen molar-refractivity contribution in [3.8, 4) is 5.75 Å². The number of aromatic nitrogens is 2. The lowest BCUT2D eigenvalue weighted by Gasteiger charge is -2.32. The average Bonchev–Trinajstić information content (AvgIpc) is 2.84. The standard InChI is InChI=1S/C27H33N3O3/c1-2-33-22-14-12-20(13-15-22)10-11-21-16-18-30(19-17-21)26(31)9-5-8-25-28-24-7-4-3-6-23(24)27(32)29-25/h3-4,6-7,12-15,21H,2,5,8-11,16-19H2,1H3,(H,28,29,32). The van der Waals surface area contributed by atoms with Crippen molar-refractivity contribution in [3.63, 3.8) is 0 Å². The number of ether oxygens (including phenoxy) is 1. The van der Waals surface area contributed by atoms with E-state index in [9.17, 15) is 9.59 Å². The Labute approximate surface area is 195 Å². The molecule has 1 saturated heterocycles. The fourth-order valence-corrected chi connectivity index (χ4v) is 4.58.